The van der Waals surface area contributed by atoms with Crippen LogP contribution in [0.5, 0.6) is 0 Å². The van der Waals surface area contributed by atoms with E-state index in [1.54, 1.807) is 0 Å². The highest BCUT2D eigenvalue weighted by molar-refractivity contribution is 7.05. The molecule has 1 aromatic heterocycles. The number of rotatable bonds is 3. The minimum Gasteiger partial charge on any atom is -0.271 e. The van der Waals surface area contributed by atoms with E-state index in [0.29, 0.717) is 5.92 Å². The molecule has 0 saturated heterocycles. The van der Waals surface area contributed by atoms with Gasteiger partial charge in [0.1, 0.15) is 0 Å². The molecule has 1 unspecified atom stereocenters. The zero-order chi connectivity index (χ0) is 11.5. The summed E-state index contributed by atoms with van der Waals surface area (Å²) in [4.78, 5) is 1.21. The van der Waals surface area contributed by atoms with Crippen LogP contribution in [-0.2, 0) is 0 Å². The molecular formula is C11H20N4S. The Balaban J connectivity index is 2.08. The first-order valence-corrected chi connectivity index (χ1v) is 6.74. The van der Waals surface area contributed by atoms with E-state index in [1.807, 2.05) is 6.92 Å². The van der Waals surface area contributed by atoms with Crippen molar-refractivity contribution < 1.29 is 0 Å². The third-order valence-corrected chi connectivity index (χ3v) is 4.59. The number of hydrazine groups is 1. The van der Waals surface area contributed by atoms with Gasteiger partial charge in [-0.05, 0) is 43.1 Å². The number of nitrogens with zero attached hydrogens (tertiary/aromatic N) is 2. The average molecular weight is 240 g/mol. The van der Waals surface area contributed by atoms with Crippen molar-refractivity contribution in [2.75, 3.05) is 0 Å². The average Bonchev–Trinajstić information content (AvgIpc) is 2.69. The van der Waals surface area contributed by atoms with E-state index >= 15 is 0 Å². The maximum absolute atomic E-state index is 5.70. The van der Waals surface area contributed by atoms with E-state index in [-0.39, 0.29) is 6.04 Å². The maximum Gasteiger partial charge on any atom is 0.0773 e. The molecule has 0 amide bonds. The van der Waals surface area contributed by atoms with Crippen LogP contribution in [0.25, 0.3) is 0 Å². The highest BCUT2D eigenvalue weighted by atomic mass is 32.1. The fourth-order valence-electron chi connectivity index (χ4n) is 2.57. The molecule has 1 aliphatic rings. The molecule has 1 aliphatic carbocycles. The lowest BCUT2D eigenvalue weighted by molar-refractivity contribution is 0.234. The number of aryl methyl sites for hydroxylation is 1. The van der Waals surface area contributed by atoms with Crippen molar-refractivity contribution in [3.05, 3.63) is 10.6 Å². The van der Waals surface area contributed by atoms with E-state index < -0.39 is 0 Å². The second-order valence-corrected chi connectivity index (χ2v) is 5.67. The largest absolute Gasteiger partial charge is 0.271 e. The van der Waals surface area contributed by atoms with Gasteiger partial charge in [-0.15, -0.1) is 5.10 Å². The van der Waals surface area contributed by atoms with Gasteiger partial charge in [0.25, 0.3) is 0 Å². The molecule has 4 nitrogen and oxygen atoms in total. The highest BCUT2D eigenvalue weighted by Crippen LogP contribution is 2.37. The van der Waals surface area contributed by atoms with Gasteiger partial charge in [0.2, 0.25) is 0 Å². The summed E-state index contributed by atoms with van der Waals surface area (Å²) in [6.45, 7) is 4.34. The standard InChI is InChI=1S/C11H20N4S/c1-7-3-5-9(6-4-7)10(13-12)11-8(2)14-15-16-11/h7,9-10,13H,3-6,12H2,1-2H3. The van der Waals surface area contributed by atoms with Crippen molar-refractivity contribution >= 4 is 11.5 Å². The number of nitrogens with one attached hydrogen (secondary N) is 1. The number of nitrogens with two attached hydrogens (primary N) is 1. The lowest BCUT2D eigenvalue weighted by atomic mass is 9.79. The molecule has 90 valence electrons. The molecule has 0 aliphatic heterocycles. The molecule has 2 rings (SSSR count). The van der Waals surface area contributed by atoms with Gasteiger partial charge >= 0.3 is 0 Å². The molecule has 1 fully saturated rings. The van der Waals surface area contributed by atoms with Crippen molar-refractivity contribution in [1.82, 2.24) is 15.0 Å². The Morgan fingerprint density at radius 2 is 2.06 bits per heavy atom. The minimum absolute atomic E-state index is 0.243. The van der Waals surface area contributed by atoms with Crippen LogP contribution >= 0.6 is 11.5 Å². The Hall–Kier alpha value is -0.520. The van der Waals surface area contributed by atoms with E-state index in [9.17, 15) is 0 Å². The summed E-state index contributed by atoms with van der Waals surface area (Å²) in [5.41, 5.74) is 3.98. The fraction of sp³-hybridized carbons (Fsp3) is 0.818. The van der Waals surface area contributed by atoms with Crippen molar-refractivity contribution in [3.8, 4) is 0 Å². The summed E-state index contributed by atoms with van der Waals surface area (Å²) in [5.74, 6) is 7.21. The van der Waals surface area contributed by atoms with Gasteiger partial charge in [-0.3, -0.25) is 11.3 Å². The van der Waals surface area contributed by atoms with Gasteiger partial charge in [-0.25, -0.2) is 0 Å². The lowest BCUT2D eigenvalue weighted by Crippen LogP contribution is -2.35. The number of hydrogen-bond donors (Lipinski definition) is 2. The fourth-order valence-corrected chi connectivity index (χ4v) is 3.37. The Kier molecular flexibility index (Phi) is 3.89. The van der Waals surface area contributed by atoms with Crippen molar-refractivity contribution in [2.45, 2.75) is 45.6 Å². The lowest BCUT2D eigenvalue weighted by Gasteiger charge is -2.31. The molecule has 0 aromatic carbocycles. The van der Waals surface area contributed by atoms with Crippen LogP contribution in [0.1, 0.15) is 49.2 Å². The first kappa shape index (κ1) is 12.0. The molecule has 0 radical (unpaired) electrons. The van der Waals surface area contributed by atoms with Gasteiger partial charge in [-0.2, -0.15) is 0 Å². The van der Waals surface area contributed by atoms with Crippen LogP contribution in [0.4, 0.5) is 0 Å². The van der Waals surface area contributed by atoms with Crippen LogP contribution in [0, 0.1) is 18.8 Å². The number of hydrogen-bond acceptors (Lipinski definition) is 5. The van der Waals surface area contributed by atoms with Gasteiger partial charge in [0.05, 0.1) is 16.6 Å². The Labute approximate surface area is 101 Å². The molecule has 0 spiro atoms. The zero-order valence-corrected chi connectivity index (χ0v) is 10.8. The van der Waals surface area contributed by atoms with Gasteiger partial charge in [0, 0.05) is 0 Å². The molecule has 1 saturated carbocycles. The first-order chi connectivity index (χ1) is 7.72. The Bertz CT molecular complexity index is 330. The van der Waals surface area contributed by atoms with Gasteiger partial charge in [-0.1, -0.05) is 24.3 Å². The monoisotopic (exact) mass is 240 g/mol. The molecular weight excluding hydrogens is 220 g/mol. The predicted molar refractivity (Wildman–Crippen MR) is 65.8 cm³/mol. The van der Waals surface area contributed by atoms with Crippen molar-refractivity contribution in [1.29, 1.82) is 0 Å². The minimum atomic E-state index is 0.243. The van der Waals surface area contributed by atoms with Crippen molar-refractivity contribution in [3.63, 3.8) is 0 Å². The second kappa shape index (κ2) is 5.21. The van der Waals surface area contributed by atoms with E-state index in [1.165, 1.54) is 42.1 Å². The first-order valence-electron chi connectivity index (χ1n) is 5.97. The second-order valence-electron chi connectivity index (χ2n) is 4.89. The predicted octanol–water partition coefficient (Wildman–Crippen LogP) is 2.18. The smallest absolute Gasteiger partial charge is 0.0773 e. The highest BCUT2D eigenvalue weighted by Gasteiger charge is 2.28. The summed E-state index contributed by atoms with van der Waals surface area (Å²) in [5, 5.41) is 4.07. The van der Waals surface area contributed by atoms with Crippen LogP contribution in [-0.4, -0.2) is 9.59 Å². The molecule has 1 atom stereocenters. The molecule has 3 N–H and O–H groups in total. The van der Waals surface area contributed by atoms with Gasteiger partial charge in [0.15, 0.2) is 0 Å². The quantitative estimate of drug-likeness (QED) is 0.628. The normalized spacial score (nSPS) is 27.9. The number of aromatic nitrogens is 2. The molecule has 0 bridgehead atoms. The van der Waals surface area contributed by atoms with Crippen LogP contribution < -0.4 is 11.3 Å². The molecule has 5 heteroatoms. The van der Waals surface area contributed by atoms with E-state index in [0.717, 1.165) is 11.6 Å². The Morgan fingerprint density at radius 3 is 2.56 bits per heavy atom. The molecule has 1 aromatic rings. The molecule has 1 heterocycles. The summed E-state index contributed by atoms with van der Waals surface area (Å²) in [6, 6.07) is 0.243. The van der Waals surface area contributed by atoms with Crippen LogP contribution in [0.2, 0.25) is 0 Å². The third kappa shape index (κ3) is 2.42. The Morgan fingerprint density at radius 1 is 1.38 bits per heavy atom. The summed E-state index contributed by atoms with van der Waals surface area (Å²) in [7, 11) is 0. The van der Waals surface area contributed by atoms with Gasteiger partial charge < -0.3 is 0 Å². The van der Waals surface area contributed by atoms with Crippen molar-refractivity contribution in [2.24, 2.45) is 17.7 Å². The third-order valence-electron chi connectivity index (χ3n) is 3.68. The summed E-state index contributed by atoms with van der Waals surface area (Å²) >= 11 is 1.47. The molecule has 16 heavy (non-hydrogen) atoms. The van der Waals surface area contributed by atoms with E-state index in [4.69, 9.17) is 5.84 Å². The zero-order valence-electron chi connectivity index (χ0n) is 9.94. The SMILES string of the molecule is Cc1nnsc1C(NN)C1CCC(C)CC1. The summed E-state index contributed by atoms with van der Waals surface area (Å²) in [6.07, 6.45) is 5.14. The summed E-state index contributed by atoms with van der Waals surface area (Å²) < 4.78 is 4.00. The van der Waals surface area contributed by atoms with Crippen LogP contribution in [0.3, 0.4) is 0 Å². The maximum atomic E-state index is 5.70. The van der Waals surface area contributed by atoms with Crippen LogP contribution in [0.15, 0.2) is 0 Å². The topological polar surface area (TPSA) is 63.8 Å². The van der Waals surface area contributed by atoms with E-state index in [2.05, 4.69) is 21.9 Å².